The number of aromatic nitrogens is 4. The molecule has 3 aromatic rings. The largest absolute Gasteiger partial charge is 0.496 e. The van der Waals surface area contributed by atoms with Gasteiger partial charge in [0.1, 0.15) is 5.75 Å². The number of thioether (sulfide) groups is 1. The second-order valence-electron chi connectivity index (χ2n) is 5.58. The summed E-state index contributed by atoms with van der Waals surface area (Å²) in [7, 11) is 1.61. The summed E-state index contributed by atoms with van der Waals surface area (Å²) in [5.74, 6) is 1.18. The van der Waals surface area contributed by atoms with Crippen LogP contribution in [0.25, 0.3) is 11.4 Å². The van der Waals surface area contributed by atoms with Crippen molar-refractivity contribution in [2.24, 2.45) is 0 Å². The molecule has 1 unspecified atom stereocenters. The van der Waals surface area contributed by atoms with Gasteiger partial charge in [-0.25, -0.2) is 9.97 Å². The van der Waals surface area contributed by atoms with Crippen LogP contribution >= 0.6 is 23.1 Å². The van der Waals surface area contributed by atoms with E-state index in [0.29, 0.717) is 21.9 Å². The van der Waals surface area contributed by atoms with Crippen LogP contribution in [0, 0.1) is 13.8 Å². The van der Waals surface area contributed by atoms with Gasteiger partial charge in [-0.05, 0) is 32.9 Å². The Morgan fingerprint density at radius 1 is 1.31 bits per heavy atom. The number of nitrogens with zero attached hydrogens (tertiary/aromatic N) is 3. The molecule has 1 amide bonds. The molecule has 0 bridgehead atoms. The van der Waals surface area contributed by atoms with E-state index in [0.717, 1.165) is 16.1 Å². The van der Waals surface area contributed by atoms with Gasteiger partial charge < -0.3 is 10.1 Å². The molecule has 2 heterocycles. The molecule has 26 heavy (non-hydrogen) atoms. The van der Waals surface area contributed by atoms with Crippen LogP contribution in [0.4, 0.5) is 5.13 Å². The minimum Gasteiger partial charge on any atom is -0.496 e. The molecule has 2 aromatic heterocycles. The summed E-state index contributed by atoms with van der Waals surface area (Å²) < 4.78 is 5.34. The number of aryl methyl sites for hydroxylation is 2. The van der Waals surface area contributed by atoms with Gasteiger partial charge >= 0.3 is 0 Å². The van der Waals surface area contributed by atoms with Crippen molar-refractivity contribution < 1.29 is 9.53 Å². The first kappa shape index (κ1) is 18.4. The first-order valence-electron chi connectivity index (χ1n) is 7.95. The number of anilines is 1. The van der Waals surface area contributed by atoms with Crippen LogP contribution in [0.5, 0.6) is 5.75 Å². The first-order valence-corrected chi connectivity index (χ1v) is 9.65. The van der Waals surface area contributed by atoms with E-state index in [9.17, 15) is 4.79 Å². The fraction of sp³-hybridized carbons (Fsp3) is 0.294. The second kappa shape index (κ2) is 7.88. The highest BCUT2D eigenvalue weighted by atomic mass is 32.2. The molecular formula is C17H19N5O2S2. The van der Waals surface area contributed by atoms with Gasteiger partial charge in [0.05, 0.1) is 23.6 Å². The highest BCUT2D eigenvalue weighted by Crippen LogP contribution is 2.29. The van der Waals surface area contributed by atoms with Crippen molar-refractivity contribution in [2.75, 3.05) is 12.4 Å². The molecule has 0 spiro atoms. The fourth-order valence-electron chi connectivity index (χ4n) is 2.20. The smallest absolute Gasteiger partial charge is 0.239 e. The Labute approximate surface area is 159 Å². The molecular weight excluding hydrogens is 370 g/mol. The van der Waals surface area contributed by atoms with Gasteiger partial charge in [-0.15, -0.1) is 16.4 Å². The Bertz CT molecular complexity index is 902. The van der Waals surface area contributed by atoms with E-state index in [2.05, 4.69) is 25.5 Å². The predicted octanol–water partition coefficient (Wildman–Crippen LogP) is 3.67. The van der Waals surface area contributed by atoms with Crippen LogP contribution < -0.4 is 10.1 Å². The van der Waals surface area contributed by atoms with Crippen molar-refractivity contribution in [2.45, 2.75) is 31.2 Å². The monoisotopic (exact) mass is 389 g/mol. The summed E-state index contributed by atoms with van der Waals surface area (Å²) in [6.45, 7) is 5.72. The lowest BCUT2D eigenvalue weighted by Gasteiger charge is -2.07. The summed E-state index contributed by atoms with van der Waals surface area (Å²) in [5.41, 5.74) is 1.75. The second-order valence-corrected chi connectivity index (χ2v) is 8.09. The number of hydrogen-bond acceptors (Lipinski definition) is 7. The van der Waals surface area contributed by atoms with Gasteiger partial charge in [-0.3, -0.25) is 9.89 Å². The van der Waals surface area contributed by atoms with Gasteiger partial charge in [0, 0.05) is 4.88 Å². The Hall–Kier alpha value is -2.39. The van der Waals surface area contributed by atoms with E-state index in [1.165, 1.54) is 23.1 Å². The number of rotatable bonds is 6. The summed E-state index contributed by atoms with van der Waals surface area (Å²) in [6, 6.07) is 7.56. The molecule has 9 heteroatoms. The normalized spacial score (nSPS) is 12.0. The molecule has 0 fully saturated rings. The lowest BCUT2D eigenvalue weighted by molar-refractivity contribution is -0.115. The molecule has 0 aliphatic rings. The van der Waals surface area contributed by atoms with Crippen molar-refractivity contribution in [3.8, 4) is 17.1 Å². The number of para-hydroxylation sites is 1. The van der Waals surface area contributed by atoms with Crippen molar-refractivity contribution in [1.29, 1.82) is 0 Å². The van der Waals surface area contributed by atoms with Crippen molar-refractivity contribution in [1.82, 2.24) is 20.2 Å². The van der Waals surface area contributed by atoms with E-state index in [1.807, 2.05) is 45.0 Å². The van der Waals surface area contributed by atoms with Crippen molar-refractivity contribution >= 4 is 34.1 Å². The minimum atomic E-state index is -0.360. The van der Waals surface area contributed by atoms with Crippen LogP contribution in [-0.2, 0) is 4.79 Å². The maximum Gasteiger partial charge on any atom is 0.239 e. The van der Waals surface area contributed by atoms with E-state index in [4.69, 9.17) is 4.74 Å². The molecule has 7 nitrogen and oxygen atoms in total. The van der Waals surface area contributed by atoms with Crippen LogP contribution in [0.1, 0.15) is 17.5 Å². The van der Waals surface area contributed by atoms with E-state index >= 15 is 0 Å². The molecule has 0 aliphatic heterocycles. The number of H-pyrrole nitrogens is 1. The number of aromatic amines is 1. The number of ether oxygens (including phenoxy) is 1. The molecule has 136 valence electrons. The third kappa shape index (κ3) is 4.05. The van der Waals surface area contributed by atoms with Crippen LogP contribution in [0.15, 0.2) is 29.4 Å². The van der Waals surface area contributed by atoms with Crippen molar-refractivity contribution in [3.63, 3.8) is 0 Å². The summed E-state index contributed by atoms with van der Waals surface area (Å²) in [4.78, 5) is 22.2. The first-order chi connectivity index (χ1) is 12.5. The average molecular weight is 390 g/mol. The molecule has 3 rings (SSSR count). The number of hydrogen-bond donors (Lipinski definition) is 2. The highest BCUT2D eigenvalue weighted by molar-refractivity contribution is 8.00. The molecule has 1 aromatic carbocycles. The number of carbonyl (C=O) groups is 1. The molecule has 1 atom stereocenters. The topological polar surface area (TPSA) is 92.8 Å². The average Bonchev–Trinajstić information content (AvgIpc) is 3.21. The number of amides is 1. The zero-order valence-electron chi connectivity index (χ0n) is 14.9. The van der Waals surface area contributed by atoms with Gasteiger partial charge in [0.2, 0.25) is 11.1 Å². The van der Waals surface area contributed by atoms with Crippen LogP contribution in [0.2, 0.25) is 0 Å². The third-order valence-corrected chi connectivity index (χ3v) is 5.69. The quantitative estimate of drug-likeness (QED) is 0.625. The SMILES string of the molecule is COc1ccccc1-c1nc(SC(C)C(=O)Nc2nc(C)c(C)s2)n[nH]1. The standard InChI is InChI=1S/C17H19N5O2S2/c1-9-10(2)25-16(18-9)20-15(23)11(3)26-17-19-14(21-22-17)12-7-5-6-8-13(12)24-4/h5-8,11H,1-4H3,(H,18,20,23)(H,19,21,22). The van der Waals surface area contributed by atoms with Gasteiger partial charge in [-0.2, -0.15) is 0 Å². The Morgan fingerprint density at radius 3 is 2.77 bits per heavy atom. The van der Waals surface area contributed by atoms with Gasteiger partial charge in [0.15, 0.2) is 11.0 Å². The van der Waals surface area contributed by atoms with E-state index in [1.54, 1.807) is 7.11 Å². The van der Waals surface area contributed by atoms with E-state index in [-0.39, 0.29) is 11.2 Å². The van der Waals surface area contributed by atoms with Crippen molar-refractivity contribution in [3.05, 3.63) is 34.8 Å². The van der Waals surface area contributed by atoms with Crippen LogP contribution in [-0.4, -0.2) is 38.4 Å². The fourth-order valence-corrected chi connectivity index (χ4v) is 3.75. The Kier molecular flexibility index (Phi) is 5.58. The highest BCUT2D eigenvalue weighted by Gasteiger charge is 2.19. The lowest BCUT2D eigenvalue weighted by Crippen LogP contribution is -2.22. The predicted molar refractivity (Wildman–Crippen MR) is 104 cm³/mol. The minimum absolute atomic E-state index is 0.132. The van der Waals surface area contributed by atoms with Gasteiger partial charge in [0.25, 0.3) is 0 Å². The number of benzene rings is 1. The lowest BCUT2D eigenvalue weighted by atomic mass is 10.2. The Morgan fingerprint density at radius 2 is 2.08 bits per heavy atom. The zero-order chi connectivity index (χ0) is 18.7. The molecule has 0 aliphatic carbocycles. The summed E-state index contributed by atoms with van der Waals surface area (Å²) in [6.07, 6.45) is 0. The summed E-state index contributed by atoms with van der Waals surface area (Å²) in [5, 5.41) is 10.7. The maximum atomic E-state index is 12.4. The Balaban J connectivity index is 1.67. The number of nitrogens with one attached hydrogen (secondary N) is 2. The van der Waals surface area contributed by atoms with Crippen LogP contribution in [0.3, 0.4) is 0 Å². The zero-order valence-corrected chi connectivity index (χ0v) is 16.5. The molecule has 2 N–H and O–H groups in total. The number of carbonyl (C=O) groups excluding carboxylic acids is 1. The molecule has 0 radical (unpaired) electrons. The summed E-state index contributed by atoms with van der Waals surface area (Å²) >= 11 is 2.75. The number of thiazole rings is 1. The molecule has 0 saturated heterocycles. The van der Waals surface area contributed by atoms with E-state index < -0.39 is 0 Å². The maximum absolute atomic E-state index is 12.4. The number of methoxy groups -OCH3 is 1. The van der Waals surface area contributed by atoms with Gasteiger partial charge in [-0.1, -0.05) is 23.9 Å². The third-order valence-electron chi connectivity index (χ3n) is 3.74. The molecule has 0 saturated carbocycles.